The molecular formula is C25H18ClN3O6. The number of carbonyl (C=O) groups is 3. The lowest BCUT2D eigenvalue weighted by Gasteiger charge is -2.25. The van der Waals surface area contributed by atoms with Gasteiger partial charge >= 0.3 is 6.03 Å². The lowest BCUT2D eigenvalue weighted by Crippen LogP contribution is -2.53. The predicted octanol–water partition coefficient (Wildman–Crippen LogP) is 4.05. The van der Waals surface area contributed by atoms with Crippen LogP contribution in [0.25, 0.3) is 6.08 Å². The van der Waals surface area contributed by atoms with Gasteiger partial charge in [-0.3, -0.25) is 19.8 Å². The van der Waals surface area contributed by atoms with Gasteiger partial charge in [0.1, 0.15) is 17.9 Å². The second-order valence-corrected chi connectivity index (χ2v) is 7.79. The molecule has 1 aliphatic rings. The maximum atomic E-state index is 12.9. The predicted molar refractivity (Wildman–Crippen MR) is 124 cm³/mol. The van der Waals surface area contributed by atoms with Crippen LogP contribution < -0.4 is 14.8 Å². The highest BCUT2D eigenvalue weighted by Crippen LogP contribution is 2.38. The van der Waals surface area contributed by atoms with E-state index in [2.05, 4.69) is 11.4 Å². The maximum absolute atomic E-state index is 12.9. The van der Waals surface area contributed by atoms with Crippen LogP contribution in [-0.4, -0.2) is 29.9 Å². The Labute approximate surface area is 205 Å². The number of rotatable bonds is 7. The van der Waals surface area contributed by atoms with Crippen molar-refractivity contribution in [3.8, 4) is 17.6 Å². The summed E-state index contributed by atoms with van der Waals surface area (Å²) in [6, 6.07) is 14.5. The van der Waals surface area contributed by atoms with Crippen molar-refractivity contribution in [2.24, 2.45) is 0 Å². The number of nitrogens with zero attached hydrogens (tertiary/aromatic N) is 2. The standard InChI is InChI=1S/C25H18ClN3O6/c1-33-21-11-15(10-20(26)22(21)35-14-17-6-3-2-5-16(17)12-27)9-19-23(30)28-25(32)29(24(19)31)13-18-7-4-8-34-18/h2-11H,13-14H2,1H3,(H,28,30,32)/b19-9+. The van der Waals surface area contributed by atoms with Crippen LogP contribution in [0.3, 0.4) is 0 Å². The zero-order chi connectivity index (χ0) is 24.9. The van der Waals surface area contributed by atoms with Crippen molar-refractivity contribution in [2.75, 3.05) is 7.11 Å². The number of halogens is 1. The van der Waals surface area contributed by atoms with E-state index in [0.29, 0.717) is 22.5 Å². The second-order valence-electron chi connectivity index (χ2n) is 7.38. The first kappa shape index (κ1) is 23.6. The van der Waals surface area contributed by atoms with Crippen molar-refractivity contribution in [3.05, 3.63) is 87.8 Å². The zero-order valence-corrected chi connectivity index (χ0v) is 19.2. The SMILES string of the molecule is COc1cc(/C=C2\C(=O)NC(=O)N(Cc3ccco3)C2=O)cc(Cl)c1OCc1ccccc1C#N. The van der Waals surface area contributed by atoms with Crippen molar-refractivity contribution < 1.29 is 28.3 Å². The van der Waals surface area contributed by atoms with Crippen LogP contribution in [0, 0.1) is 11.3 Å². The highest BCUT2D eigenvalue weighted by atomic mass is 35.5. The minimum absolute atomic E-state index is 0.0744. The van der Waals surface area contributed by atoms with Gasteiger partial charge in [-0.25, -0.2) is 4.79 Å². The van der Waals surface area contributed by atoms with E-state index in [1.165, 1.54) is 31.6 Å². The molecule has 9 nitrogen and oxygen atoms in total. The number of methoxy groups -OCH3 is 1. The van der Waals surface area contributed by atoms with Crippen LogP contribution in [0.2, 0.25) is 5.02 Å². The van der Waals surface area contributed by atoms with Gasteiger partial charge in [0.2, 0.25) is 0 Å². The van der Waals surface area contributed by atoms with Gasteiger partial charge in [0.05, 0.1) is 36.6 Å². The highest BCUT2D eigenvalue weighted by Gasteiger charge is 2.36. The number of imide groups is 2. The van der Waals surface area contributed by atoms with Crippen LogP contribution in [-0.2, 0) is 22.7 Å². The smallest absolute Gasteiger partial charge is 0.331 e. The zero-order valence-electron chi connectivity index (χ0n) is 18.4. The molecule has 0 saturated carbocycles. The Bertz CT molecular complexity index is 1370. The Balaban J connectivity index is 1.61. The van der Waals surface area contributed by atoms with Crippen LogP contribution in [0.4, 0.5) is 4.79 Å². The molecule has 1 saturated heterocycles. The molecule has 176 valence electrons. The molecule has 1 aromatic heterocycles. The topological polar surface area (TPSA) is 122 Å². The van der Waals surface area contributed by atoms with Gasteiger partial charge < -0.3 is 13.9 Å². The summed E-state index contributed by atoms with van der Waals surface area (Å²) in [6.45, 7) is -0.0612. The fraction of sp³-hybridized carbons (Fsp3) is 0.120. The van der Waals surface area contributed by atoms with Crippen LogP contribution in [0.1, 0.15) is 22.5 Å². The van der Waals surface area contributed by atoms with E-state index < -0.39 is 17.8 Å². The second kappa shape index (κ2) is 10.2. The van der Waals surface area contributed by atoms with Crippen LogP contribution >= 0.6 is 11.6 Å². The maximum Gasteiger partial charge on any atom is 0.331 e. The van der Waals surface area contributed by atoms with Crippen molar-refractivity contribution in [2.45, 2.75) is 13.2 Å². The summed E-state index contributed by atoms with van der Waals surface area (Å²) in [5, 5.41) is 11.6. The number of urea groups is 1. The van der Waals surface area contributed by atoms with Crippen LogP contribution in [0.5, 0.6) is 11.5 Å². The van der Waals surface area contributed by atoms with Gasteiger partial charge in [-0.1, -0.05) is 29.8 Å². The number of nitrogens with one attached hydrogen (secondary N) is 1. The Hall–Kier alpha value is -4.55. The third-order valence-corrected chi connectivity index (χ3v) is 5.43. The molecule has 0 radical (unpaired) electrons. The summed E-state index contributed by atoms with van der Waals surface area (Å²) < 4.78 is 16.4. The quantitative estimate of drug-likeness (QED) is 0.390. The molecule has 3 aromatic rings. The molecule has 1 fully saturated rings. The van der Waals surface area contributed by atoms with E-state index in [9.17, 15) is 19.6 Å². The van der Waals surface area contributed by atoms with E-state index in [1.807, 2.05) is 0 Å². The van der Waals surface area contributed by atoms with Gasteiger partial charge in [0.15, 0.2) is 11.5 Å². The Morgan fingerprint density at radius 1 is 1.17 bits per heavy atom. The molecule has 0 unspecified atom stereocenters. The van der Waals surface area contributed by atoms with E-state index in [-0.39, 0.29) is 35.2 Å². The normalized spacial score (nSPS) is 14.6. The fourth-order valence-corrected chi connectivity index (χ4v) is 3.70. The summed E-state index contributed by atoms with van der Waals surface area (Å²) in [5.74, 6) is -0.742. The summed E-state index contributed by atoms with van der Waals surface area (Å²) in [4.78, 5) is 38.4. The molecule has 0 spiro atoms. The van der Waals surface area contributed by atoms with Gasteiger partial charge in [-0.05, 0) is 42.0 Å². The van der Waals surface area contributed by atoms with Gasteiger partial charge in [-0.15, -0.1) is 0 Å². The molecule has 1 aliphatic heterocycles. The number of carbonyl (C=O) groups excluding carboxylic acids is 3. The first-order valence-corrected chi connectivity index (χ1v) is 10.7. The average Bonchev–Trinajstić information content (AvgIpc) is 3.37. The first-order chi connectivity index (χ1) is 16.9. The van der Waals surface area contributed by atoms with Crippen molar-refractivity contribution in [1.82, 2.24) is 10.2 Å². The number of furan rings is 1. The number of nitriles is 1. The summed E-state index contributed by atoms with van der Waals surface area (Å²) >= 11 is 6.43. The third-order valence-electron chi connectivity index (χ3n) is 5.15. The molecule has 2 heterocycles. The van der Waals surface area contributed by atoms with Crippen LogP contribution in [0.15, 0.2) is 64.8 Å². The van der Waals surface area contributed by atoms with E-state index in [4.69, 9.17) is 25.5 Å². The van der Waals surface area contributed by atoms with Gasteiger partial charge in [0, 0.05) is 5.56 Å². The Morgan fingerprint density at radius 3 is 2.69 bits per heavy atom. The van der Waals surface area contributed by atoms with E-state index in [1.54, 1.807) is 36.4 Å². The molecule has 0 bridgehead atoms. The van der Waals surface area contributed by atoms with E-state index in [0.717, 1.165) is 4.90 Å². The van der Waals surface area contributed by atoms with Crippen molar-refractivity contribution in [1.29, 1.82) is 5.26 Å². The van der Waals surface area contributed by atoms with Crippen molar-refractivity contribution >= 4 is 35.5 Å². The monoisotopic (exact) mass is 491 g/mol. The minimum Gasteiger partial charge on any atom is -0.493 e. The number of barbiturate groups is 1. The molecule has 4 rings (SSSR count). The lowest BCUT2D eigenvalue weighted by molar-refractivity contribution is -0.130. The molecular weight excluding hydrogens is 474 g/mol. The number of amides is 4. The molecule has 0 aliphatic carbocycles. The molecule has 4 amide bonds. The number of hydrogen-bond donors (Lipinski definition) is 1. The Kier molecular flexibility index (Phi) is 6.85. The third kappa shape index (κ3) is 5.03. The van der Waals surface area contributed by atoms with Crippen molar-refractivity contribution in [3.63, 3.8) is 0 Å². The molecule has 2 aromatic carbocycles. The highest BCUT2D eigenvalue weighted by molar-refractivity contribution is 6.33. The average molecular weight is 492 g/mol. The van der Waals surface area contributed by atoms with Gasteiger partial charge in [0.25, 0.3) is 11.8 Å². The first-order valence-electron chi connectivity index (χ1n) is 10.3. The Morgan fingerprint density at radius 2 is 1.97 bits per heavy atom. The van der Waals surface area contributed by atoms with E-state index >= 15 is 0 Å². The molecule has 10 heteroatoms. The number of hydrogen-bond acceptors (Lipinski definition) is 7. The fourth-order valence-electron chi connectivity index (χ4n) is 3.43. The summed E-state index contributed by atoms with van der Waals surface area (Å²) in [6.07, 6.45) is 2.72. The number of ether oxygens (including phenoxy) is 2. The molecule has 35 heavy (non-hydrogen) atoms. The lowest BCUT2D eigenvalue weighted by atomic mass is 10.1. The summed E-state index contributed by atoms with van der Waals surface area (Å²) in [7, 11) is 1.42. The molecule has 0 atom stereocenters. The summed E-state index contributed by atoms with van der Waals surface area (Å²) in [5.41, 5.74) is 1.26. The number of benzene rings is 2. The largest absolute Gasteiger partial charge is 0.493 e. The molecule has 1 N–H and O–H groups in total. The van der Waals surface area contributed by atoms with Gasteiger partial charge in [-0.2, -0.15) is 5.26 Å². The minimum atomic E-state index is -0.842.